The van der Waals surface area contributed by atoms with Crippen LogP contribution in [0.1, 0.15) is 31.4 Å². The second-order valence-electron chi connectivity index (χ2n) is 4.45. The van der Waals surface area contributed by atoms with Crippen LogP contribution in [0.25, 0.3) is 0 Å². The van der Waals surface area contributed by atoms with Crippen LogP contribution >= 0.6 is 0 Å². The fourth-order valence-corrected chi connectivity index (χ4v) is 1.86. The van der Waals surface area contributed by atoms with Crippen molar-refractivity contribution < 1.29 is 9.53 Å². The standard InChI is InChI=1S/C15H23NO2/c1-4-13-5-6-15(18-3)14(11-13)8-10-16-9-7-12(2)17/h5-6,11,16H,4,7-10H2,1-3H3. The van der Waals surface area contributed by atoms with E-state index in [9.17, 15) is 4.79 Å². The van der Waals surface area contributed by atoms with Gasteiger partial charge in [-0.15, -0.1) is 0 Å². The van der Waals surface area contributed by atoms with Gasteiger partial charge in [-0.2, -0.15) is 0 Å². The number of carbonyl (C=O) groups excluding carboxylic acids is 1. The van der Waals surface area contributed by atoms with Crippen molar-refractivity contribution >= 4 is 5.78 Å². The van der Waals surface area contributed by atoms with Gasteiger partial charge in [-0.3, -0.25) is 4.79 Å². The molecule has 1 rings (SSSR count). The summed E-state index contributed by atoms with van der Waals surface area (Å²) in [5, 5.41) is 3.28. The van der Waals surface area contributed by atoms with Crippen LogP contribution in [0.4, 0.5) is 0 Å². The fraction of sp³-hybridized carbons (Fsp3) is 0.533. The molecule has 0 unspecified atom stereocenters. The Hall–Kier alpha value is -1.35. The number of benzene rings is 1. The van der Waals surface area contributed by atoms with E-state index in [2.05, 4.69) is 24.4 Å². The van der Waals surface area contributed by atoms with Gasteiger partial charge in [0.1, 0.15) is 11.5 Å². The maximum atomic E-state index is 10.8. The zero-order chi connectivity index (χ0) is 13.4. The number of rotatable bonds is 8. The Balaban J connectivity index is 2.47. The van der Waals surface area contributed by atoms with Gasteiger partial charge in [-0.05, 0) is 43.5 Å². The Labute approximate surface area is 110 Å². The average Bonchev–Trinajstić information content (AvgIpc) is 2.37. The van der Waals surface area contributed by atoms with E-state index in [0.29, 0.717) is 6.42 Å². The van der Waals surface area contributed by atoms with Crippen molar-refractivity contribution in [1.29, 1.82) is 0 Å². The predicted molar refractivity (Wildman–Crippen MR) is 74.2 cm³/mol. The summed E-state index contributed by atoms with van der Waals surface area (Å²) in [6, 6.07) is 6.33. The van der Waals surface area contributed by atoms with Gasteiger partial charge in [0, 0.05) is 13.0 Å². The highest BCUT2D eigenvalue weighted by atomic mass is 16.5. The number of hydrogen-bond acceptors (Lipinski definition) is 3. The number of ether oxygens (including phenoxy) is 1. The Morgan fingerprint density at radius 1 is 1.33 bits per heavy atom. The maximum absolute atomic E-state index is 10.8. The third-order valence-corrected chi connectivity index (χ3v) is 2.98. The van der Waals surface area contributed by atoms with Gasteiger partial charge in [-0.25, -0.2) is 0 Å². The number of methoxy groups -OCH3 is 1. The van der Waals surface area contributed by atoms with Crippen LogP contribution in [0, 0.1) is 0 Å². The third-order valence-electron chi connectivity index (χ3n) is 2.98. The molecule has 0 bridgehead atoms. The lowest BCUT2D eigenvalue weighted by molar-refractivity contribution is -0.116. The Kier molecular flexibility index (Phi) is 6.44. The monoisotopic (exact) mass is 249 g/mol. The van der Waals surface area contributed by atoms with Crippen LogP contribution in [0.3, 0.4) is 0 Å². The lowest BCUT2D eigenvalue weighted by Crippen LogP contribution is -2.20. The first kappa shape index (κ1) is 14.7. The summed E-state index contributed by atoms with van der Waals surface area (Å²) in [6.07, 6.45) is 2.57. The highest BCUT2D eigenvalue weighted by Gasteiger charge is 2.03. The summed E-state index contributed by atoms with van der Waals surface area (Å²) in [6.45, 7) is 5.40. The van der Waals surface area contributed by atoms with Gasteiger partial charge >= 0.3 is 0 Å². The van der Waals surface area contributed by atoms with E-state index in [0.717, 1.165) is 31.7 Å². The molecule has 3 heteroatoms. The van der Waals surface area contributed by atoms with Gasteiger partial charge in [0.15, 0.2) is 0 Å². The molecule has 1 N–H and O–H groups in total. The quantitative estimate of drug-likeness (QED) is 0.719. The Morgan fingerprint density at radius 2 is 2.11 bits per heavy atom. The minimum absolute atomic E-state index is 0.230. The van der Waals surface area contributed by atoms with E-state index in [4.69, 9.17) is 4.74 Å². The summed E-state index contributed by atoms with van der Waals surface area (Å²) < 4.78 is 5.36. The van der Waals surface area contributed by atoms with Crippen LogP contribution in [0.15, 0.2) is 18.2 Å². The molecule has 0 amide bonds. The first-order chi connectivity index (χ1) is 8.67. The van der Waals surface area contributed by atoms with Gasteiger partial charge < -0.3 is 10.1 Å². The number of carbonyl (C=O) groups is 1. The SMILES string of the molecule is CCc1ccc(OC)c(CCNCCC(C)=O)c1. The number of aryl methyl sites for hydroxylation is 1. The van der Waals surface area contributed by atoms with E-state index in [-0.39, 0.29) is 5.78 Å². The number of hydrogen-bond donors (Lipinski definition) is 1. The second kappa shape index (κ2) is 7.88. The molecule has 0 spiro atoms. The summed E-state index contributed by atoms with van der Waals surface area (Å²) in [5.41, 5.74) is 2.56. The van der Waals surface area contributed by atoms with Gasteiger partial charge in [0.05, 0.1) is 7.11 Å². The van der Waals surface area contributed by atoms with E-state index >= 15 is 0 Å². The molecule has 18 heavy (non-hydrogen) atoms. The van der Waals surface area contributed by atoms with E-state index in [1.165, 1.54) is 11.1 Å². The average molecular weight is 249 g/mol. The summed E-state index contributed by atoms with van der Waals surface area (Å²) in [7, 11) is 1.70. The third kappa shape index (κ3) is 4.88. The van der Waals surface area contributed by atoms with Gasteiger partial charge in [0.25, 0.3) is 0 Å². The topological polar surface area (TPSA) is 38.3 Å². The second-order valence-corrected chi connectivity index (χ2v) is 4.45. The van der Waals surface area contributed by atoms with Crippen molar-refractivity contribution in [2.24, 2.45) is 0 Å². The highest BCUT2D eigenvalue weighted by Crippen LogP contribution is 2.20. The summed E-state index contributed by atoms with van der Waals surface area (Å²) >= 11 is 0. The summed E-state index contributed by atoms with van der Waals surface area (Å²) in [4.78, 5) is 10.8. The zero-order valence-corrected chi connectivity index (χ0v) is 11.6. The Bertz CT molecular complexity index is 388. The molecule has 0 saturated carbocycles. The lowest BCUT2D eigenvalue weighted by atomic mass is 10.1. The number of nitrogens with one attached hydrogen (secondary N) is 1. The van der Waals surface area contributed by atoms with Crippen LogP contribution in [-0.4, -0.2) is 26.0 Å². The van der Waals surface area contributed by atoms with Crippen molar-refractivity contribution in [1.82, 2.24) is 5.32 Å². The predicted octanol–water partition coefficient (Wildman–Crippen LogP) is 2.37. The molecule has 0 aliphatic heterocycles. The van der Waals surface area contributed by atoms with Crippen molar-refractivity contribution in [2.45, 2.75) is 33.1 Å². The minimum Gasteiger partial charge on any atom is -0.496 e. The van der Waals surface area contributed by atoms with Crippen LogP contribution < -0.4 is 10.1 Å². The molecular weight excluding hydrogens is 226 g/mol. The largest absolute Gasteiger partial charge is 0.496 e. The van der Waals surface area contributed by atoms with Crippen molar-refractivity contribution in [2.75, 3.05) is 20.2 Å². The maximum Gasteiger partial charge on any atom is 0.131 e. The van der Waals surface area contributed by atoms with E-state index in [1.54, 1.807) is 14.0 Å². The lowest BCUT2D eigenvalue weighted by Gasteiger charge is -2.10. The Morgan fingerprint density at radius 3 is 2.72 bits per heavy atom. The molecule has 0 heterocycles. The summed E-state index contributed by atoms with van der Waals surface area (Å²) in [5.74, 6) is 1.17. The molecule has 0 fully saturated rings. The molecule has 1 aromatic carbocycles. The zero-order valence-electron chi connectivity index (χ0n) is 11.6. The molecular formula is C15H23NO2. The molecule has 0 aliphatic rings. The van der Waals surface area contributed by atoms with Crippen LogP contribution in [-0.2, 0) is 17.6 Å². The fourth-order valence-electron chi connectivity index (χ4n) is 1.86. The molecule has 0 atom stereocenters. The highest BCUT2D eigenvalue weighted by molar-refractivity contribution is 5.75. The van der Waals surface area contributed by atoms with E-state index in [1.807, 2.05) is 6.07 Å². The minimum atomic E-state index is 0.230. The van der Waals surface area contributed by atoms with Crippen molar-refractivity contribution in [3.63, 3.8) is 0 Å². The molecule has 3 nitrogen and oxygen atoms in total. The molecule has 0 aliphatic carbocycles. The molecule has 100 valence electrons. The van der Waals surface area contributed by atoms with Gasteiger partial charge in [-0.1, -0.05) is 19.1 Å². The molecule has 0 saturated heterocycles. The van der Waals surface area contributed by atoms with Crippen LogP contribution in [0.5, 0.6) is 5.75 Å². The van der Waals surface area contributed by atoms with Crippen molar-refractivity contribution in [3.05, 3.63) is 29.3 Å². The first-order valence-electron chi connectivity index (χ1n) is 6.53. The van der Waals surface area contributed by atoms with Crippen molar-refractivity contribution in [3.8, 4) is 5.75 Å². The number of Topliss-reactive ketones (excluding diaryl/α,β-unsaturated/α-hetero) is 1. The molecule has 1 aromatic rings. The number of ketones is 1. The smallest absolute Gasteiger partial charge is 0.131 e. The first-order valence-corrected chi connectivity index (χ1v) is 6.53. The van der Waals surface area contributed by atoms with E-state index < -0.39 is 0 Å². The molecule has 0 aromatic heterocycles. The van der Waals surface area contributed by atoms with Crippen LogP contribution in [0.2, 0.25) is 0 Å². The molecule has 0 radical (unpaired) electrons. The normalized spacial score (nSPS) is 10.4. The van der Waals surface area contributed by atoms with Gasteiger partial charge in [0.2, 0.25) is 0 Å².